The Labute approximate surface area is 134 Å². The topological polar surface area (TPSA) is 51.9 Å². The number of carbonyl (C=O) groups is 1. The van der Waals surface area contributed by atoms with Gasteiger partial charge in [-0.2, -0.15) is 0 Å². The minimum atomic E-state index is 0.00502. The molecule has 1 amide bonds. The van der Waals surface area contributed by atoms with E-state index in [1.807, 2.05) is 17.0 Å². The summed E-state index contributed by atoms with van der Waals surface area (Å²) in [6, 6.07) is 9.22. The largest absolute Gasteiger partial charge is 0.467 e. The molecular weight excluding hydrogens is 294 g/mol. The second kappa shape index (κ2) is 5.99. The molecule has 120 valence electrons. The Balaban J connectivity index is 1.64. The molecular formula is C18H19NO4. The number of hydrogen-bond donors (Lipinski definition) is 0. The van der Waals surface area contributed by atoms with E-state index in [0.29, 0.717) is 17.1 Å². The van der Waals surface area contributed by atoms with Crippen molar-refractivity contribution in [2.75, 3.05) is 13.3 Å². The average molecular weight is 313 g/mol. The molecule has 5 nitrogen and oxygen atoms in total. The number of nitrogens with zero attached hydrogens (tertiary/aromatic N) is 1. The van der Waals surface area contributed by atoms with E-state index in [-0.39, 0.29) is 18.7 Å². The van der Waals surface area contributed by atoms with Crippen LogP contribution in [0.25, 0.3) is 0 Å². The maximum absolute atomic E-state index is 13.0. The summed E-state index contributed by atoms with van der Waals surface area (Å²) in [5.41, 5.74) is 0.632. The van der Waals surface area contributed by atoms with E-state index in [2.05, 4.69) is 0 Å². The average Bonchev–Trinajstić information content (AvgIpc) is 3.21. The van der Waals surface area contributed by atoms with Gasteiger partial charge in [-0.25, -0.2) is 0 Å². The van der Waals surface area contributed by atoms with Crippen LogP contribution in [0, 0.1) is 0 Å². The zero-order valence-electron chi connectivity index (χ0n) is 12.9. The number of benzene rings is 1. The molecule has 0 N–H and O–H groups in total. The molecule has 3 heterocycles. The molecule has 2 aliphatic heterocycles. The van der Waals surface area contributed by atoms with Crippen LogP contribution < -0.4 is 9.47 Å². The first kappa shape index (κ1) is 14.2. The Bertz CT molecular complexity index is 695. The van der Waals surface area contributed by atoms with E-state index in [4.69, 9.17) is 13.9 Å². The van der Waals surface area contributed by atoms with Crippen LogP contribution in [0.15, 0.2) is 41.0 Å². The minimum absolute atomic E-state index is 0.00502. The van der Waals surface area contributed by atoms with Crippen molar-refractivity contribution in [2.45, 2.75) is 31.7 Å². The zero-order chi connectivity index (χ0) is 15.6. The molecule has 0 spiro atoms. The highest BCUT2D eigenvalue weighted by atomic mass is 16.7. The van der Waals surface area contributed by atoms with Gasteiger partial charge in [-0.15, -0.1) is 0 Å². The fourth-order valence-electron chi connectivity index (χ4n) is 3.32. The number of hydrogen-bond acceptors (Lipinski definition) is 4. The third-order valence-corrected chi connectivity index (χ3v) is 4.50. The number of fused-ring (bicyclic) bond motifs is 1. The van der Waals surface area contributed by atoms with Crippen molar-refractivity contribution >= 4 is 5.91 Å². The Kier molecular flexibility index (Phi) is 3.69. The van der Waals surface area contributed by atoms with Gasteiger partial charge in [0.25, 0.3) is 5.91 Å². The quantitative estimate of drug-likeness (QED) is 0.847. The number of carbonyl (C=O) groups excluding carboxylic acids is 1. The van der Waals surface area contributed by atoms with Crippen molar-refractivity contribution in [3.8, 4) is 11.5 Å². The smallest absolute Gasteiger partial charge is 0.254 e. The summed E-state index contributed by atoms with van der Waals surface area (Å²) in [6.45, 7) is 0.963. The molecule has 5 heteroatoms. The van der Waals surface area contributed by atoms with Gasteiger partial charge in [0.05, 0.1) is 12.3 Å². The molecule has 0 bridgehead atoms. The molecule has 1 aromatic carbocycles. The van der Waals surface area contributed by atoms with E-state index in [0.717, 1.165) is 38.0 Å². The van der Waals surface area contributed by atoms with Crippen LogP contribution in [0.2, 0.25) is 0 Å². The number of ether oxygens (including phenoxy) is 2. The predicted octanol–water partition coefficient (Wildman–Crippen LogP) is 3.77. The number of furan rings is 1. The highest BCUT2D eigenvalue weighted by Gasteiger charge is 2.30. The lowest BCUT2D eigenvalue weighted by Gasteiger charge is -2.28. The molecule has 2 aromatic rings. The second-order valence-corrected chi connectivity index (χ2v) is 5.95. The van der Waals surface area contributed by atoms with Gasteiger partial charge >= 0.3 is 0 Å². The van der Waals surface area contributed by atoms with E-state index in [9.17, 15) is 4.79 Å². The summed E-state index contributed by atoms with van der Waals surface area (Å²) >= 11 is 0. The van der Waals surface area contributed by atoms with Crippen LogP contribution in [0.4, 0.5) is 0 Å². The van der Waals surface area contributed by atoms with Crippen LogP contribution in [0.5, 0.6) is 11.5 Å². The van der Waals surface area contributed by atoms with Crippen molar-refractivity contribution in [1.29, 1.82) is 0 Å². The highest BCUT2D eigenvalue weighted by Crippen LogP contribution is 2.35. The van der Waals surface area contributed by atoms with Crippen LogP contribution in [-0.2, 0) is 0 Å². The normalized spacial score (nSPS) is 20.3. The first-order chi connectivity index (χ1) is 11.3. The van der Waals surface area contributed by atoms with Gasteiger partial charge in [0.2, 0.25) is 6.79 Å². The van der Waals surface area contributed by atoms with Crippen LogP contribution in [0.3, 0.4) is 0 Å². The third-order valence-electron chi connectivity index (χ3n) is 4.50. The first-order valence-corrected chi connectivity index (χ1v) is 8.07. The predicted molar refractivity (Wildman–Crippen MR) is 83.5 cm³/mol. The maximum Gasteiger partial charge on any atom is 0.254 e. The number of rotatable bonds is 2. The lowest BCUT2D eigenvalue weighted by Crippen LogP contribution is -2.34. The molecule has 4 rings (SSSR count). The Morgan fingerprint density at radius 3 is 2.87 bits per heavy atom. The van der Waals surface area contributed by atoms with E-state index in [1.54, 1.807) is 24.5 Å². The molecule has 1 saturated heterocycles. The van der Waals surface area contributed by atoms with Crippen LogP contribution >= 0.6 is 0 Å². The fraction of sp³-hybridized carbons (Fsp3) is 0.389. The summed E-state index contributed by atoms with van der Waals surface area (Å²) in [5, 5.41) is 0. The van der Waals surface area contributed by atoms with Gasteiger partial charge in [-0.3, -0.25) is 4.79 Å². The summed E-state index contributed by atoms with van der Waals surface area (Å²) in [7, 11) is 0. The molecule has 0 aliphatic carbocycles. The maximum atomic E-state index is 13.0. The lowest BCUT2D eigenvalue weighted by molar-refractivity contribution is 0.0658. The van der Waals surface area contributed by atoms with E-state index >= 15 is 0 Å². The molecule has 0 radical (unpaired) electrons. The summed E-state index contributed by atoms with van der Waals surface area (Å²) in [5.74, 6) is 2.22. The van der Waals surface area contributed by atoms with Crippen LogP contribution in [-0.4, -0.2) is 24.1 Å². The van der Waals surface area contributed by atoms with Gasteiger partial charge in [0, 0.05) is 12.1 Å². The Hall–Kier alpha value is -2.43. The fourth-order valence-corrected chi connectivity index (χ4v) is 3.32. The molecule has 0 saturated carbocycles. The monoisotopic (exact) mass is 313 g/mol. The van der Waals surface area contributed by atoms with E-state index < -0.39 is 0 Å². The zero-order valence-corrected chi connectivity index (χ0v) is 12.9. The van der Waals surface area contributed by atoms with Gasteiger partial charge < -0.3 is 18.8 Å². The molecule has 1 aromatic heterocycles. The van der Waals surface area contributed by atoms with Gasteiger partial charge in [-0.1, -0.05) is 12.8 Å². The number of likely N-dealkylation sites (tertiary alicyclic amines) is 1. The molecule has 1 atom stereocenters. The summed E-state index contributed by atoms with van der Waals surface area (Å²) in [4.78, 5) is 15.0. The Morgan fingerprint density at radius 1 is 1.09 bits per heavy atom. The molecule has 23 heavy (non-hydrogen) atoms. The Morgan fingerprint density at radius 2 is 2.00 bits per heavy atom. The number of amides is 1. The van der Waals surface area contributed by atoms with Crippen molar-refractivity contribution in [2.24, 2.45) is 0 Å². The van der Waals surface area contributed by atoms with Crippen LogP contribution in [0.1, 0.15) is 47.8 Å². The van der Waals surface area contributed by atoms with Gasteiger partial charge in [-0.05, 0) is 43.2 Å². The highest BCUT2D eigenvalue weighted by molar-refractivity contribution is 5.95. The van der Waals surface area contributed by atoms with Crippen molar-refractivity contribution in [1.82, 2.24) is 4.90 Å². The van der Waals surface area contributed by atoms with Crippen molar-refractivity contribution in [3.05, 3.63) is 47.9 Å². The van der Waals surface area contributed by atoms with Gasteiger partial charge in [0.15, 0.2) is 11.5 Å². The standard InChI is InChI=1S/C18H19NO4/c20-18(13-7-8-16-17(11-13)23-12-22-16)19-9-3-1-2-5-14(19)15-6-4-10-21-15/h4,6-8,10-11,14H,1-3,5,9,12H2. The minimum Gasteiger partial charge on any atom is -0.467 e. The third kappa shape index (κ3) is 2.67. The van der Waals surface area contributed by atoms with Gasteiger partial charge in [0.1, 0.15) is 5.76 Å². The SMILES string of the molecule is O=C(c1ccc2c(c1)OCO2)N1CCCCCC1c1ccco1. The molecule has 1 fully saturated rings. The second-order valence-electron chi connectivity index (χ2n) is 5.95. The van der Waals surface area contributed by atoms with E-state index in [1.165, 1.54) is 0 Å². The van der Waals surface area contributed by atoms with Crippen molar-refractivity contribution < 1.29 is 18.7 Å². The summed E-state index contributed by atoms with van der Waals surface area (Å²) in [6.07, 6.45) is 5.87. The lowest BCUT2D eigenvalue weighted by atomic mass is 10.1. The first-order valence-electron chi connectivity index (χ1n) is 8.07. The molecule has 1 unspecified atom stereocenters. The summed E-state index contributed by atoms with van der Waals surface area (Å²) < 4.78 is 16.3. The van der Waals surface area contributed by atoms with Crippen molar-refractivity contribution in [3.63, 3.8) is 0 Å². The molecule has 2 aliphatic rings.